The SMILES string of the molecule is COc1cccc(CN(C(=O)COc2ccc(Cl)cc2Cl)[C@@H](Cc2ccccc2)C(=O)NC2CCCC2)c1. The molecule has 8 heteroatoms. The maximum absolute atomic E-state index is 13.7. The Kier molecular flexibility index (Phi) is 9.91. The van der Waals surface area contributed by atoms with Gasteiger partial charge in [0, 0.05) is 24.0 Å². The number of hydrogen-bond donors (Lipinski definition) is 1. The molecule has 3 aromatic carbocycles. The van der Waals surface area contributed by atoms with Crippen LogP contribution in [0, 0.1) is 0 Å². The third kappa shape index (κ3) is 7.65. The van der Waals surface area contributed by atoms with E-state index in [1.165, 1.54) is 0 Å². The summed E-state index contributed by atoms with van der Waals surface area (Å²) in [6, 6.07) is 21.4. The largest absolute Gasteiger partial charge is 0.497 e. The van der Waals surface area contributed by atoms with Gasteiger partial charge in [-0.15, -0.1) is 0 Å². The summed E-state index contributed by atoms with van der Waals surface area (Å²) in [7, 11) is 1.60. The zero-order valence-electron chi connectivity index (χ0n) is 21.4. The normalized spacial score (nSPS) is 14.1. The molecule has 0 saturated heterocycles. The van der Waals surface area contributed by atoms with E-state index in [2.05, 4.69) is 5.32 Å². The molecule has 0 bridgehead atoms. The fourth-order valence-electron chi connectivity index (χ4n) is 4.70. The summed E-state index contributed by atoms with van der Waals surface area (Å²) >= 11 is 12.3. The van der Waals surface area contributed by atoms with Gasteiger partial charge in [-0.3, -0.25) is 9.59 Å². The summed E-state index contributed by atoms with van der Waals surface area (Å²) in [5, 5.41) is 3.98. The van der Waals surface area contributed by atoms with E-state index in [1.54, 1.807) is 30.2 Å². The van der Waals surface area contributed by atoms with E-state index in [1.807, 2.05) is 54.6 Å². The average molecular weight is 556 g/mol. The molecule has 0 unspecified atom stereocenters. The van der Waals surface area contributed by atoms with Crippen LogP contribution >= 0.6 is 23.2 Å². The number of ether oxygens (including phenoxy) is 2. The Morgan fingerprint density at radius 1 is 0.974 bits per heavy atom. The zero-order chi connectivity index (χ0) is 26.9. The first-order chi connectivity index (χ1) is 18.4. The monoisotopic (exact) mass is 554 g/mol. The standard InChI is InChI=1S/C30H32Cl2N2O4/c1-37-25-13-7-10-22(16-25)19-34(29(35)20-38-28-15-14-23(31)18-26(28)32)27(17-21-8-3-2-4-9-21)30(36)33-24-11-5-6-12-24/h2-4,7-10,13-16,18,24,27H,5-6,11-12,17,19-20H2,1H3,(H,33,36)/t27-/m0/s1. The summed E-state index contributed by atoms with van der Waals surface area (Å²) in [5.74, 6) is 0.526. The highest BCUT2D eigenvalue weighted by molar-refractivity contribution is 6.35. The molecule has 1 N–H and O–H groups in total. The van der Waals surface area contributed by atoms with Crippen molar-refractivity contribution in [3.8, 4) is 11.5 Å². The van der Waals surface area contributed by atoms with E-state index in [-0.39, 0.29) is 31.0 Å². The Bertz CT molecular complexity index is 1230. The lowest BCUT2D eigenvalue weighted by Crippen LogP contribution is -2.53. The van der Waals surface area contributed by atoms with Crippen molar-refractivity contribution in [3.05, 3.63) is 94.0 Å². The summed E-state index contributed by atoms with van der Waals surface area (Å²) < 4.78 is 11.2. The molecule has 0 aromatic heterocycles. The smallest absolute Gasteiger partial charge is 0.261 e. The molecule has 0 radical (unpaired) electrons. The van der Waals surface area contributed by atoms with Crippen LogP contribution in [-0.2, 0) is 22.6 Å². The minimum absolute atomic E-state index is 0.124. The fourth-order valence-corrected chi connectivity index (χ4v) is 5.17. The summed E-state index contributed by atoms with van der Waals surface area (Å²) in [5.41, 5.74) is 1.80. The van der Waals surface area contributed by atoms with Crippen LogP contribution in [0.5, 0.6) is 11.5 Å². The third-order valence-corrected chi connectivity index (χ3v) is 7.24. The number of nitrogens with zero attached hydrogens (tertiary/aromatic N) is 1. The van der Waals surface area contributed by atoms with Crippen molar-refractivity contribution in [2.75, 3.05) is 13.7 Å². The molecule has 38 heavy (non-hydrogen) atoms. The van der Waals surface area contributed by atoms with E-state index in [0.29, 0.717) is 28.0 Å². The molecular weight excluding hydrogens is 523 g/mol. The minimum atomic E-state index is -0.735. The van der Waals surface area contributed by atoms with Crippen molar-refractivity contribution in [1.29, 1.82) is 0 Å². The van der Waals surface area contributed by atoms with Gasteiger partial charge in [0.25, 0.3) is 5.91 Å². The Labute approximate surface area is 233 Å². The van der Waals surface area contributed by atoms with Crippen molar-refractivity contribution in [3.63, 3.8) is 0 Å². The van der Waals surface area contributed by atoms with Crippen molar-refractivity contribution in [2.45, 2.75) is 50.7 Å². The Morgan fingerprint density at radius 2 is 1.71 bits per heavy atom. The molecule has 3 aromatic rings. The number of benzene rings is 3. The number of nitrogens with one attached hydrogen (secondary N) is 1. The first-order valence-electron chi connectivity index (χ1n) is 12.8. The van der Waals surface area contributed by atoms with Gasteiger partial charge < -0.3 is 19.7 Å². The van der Waals surface area contributed by atoms with E-state index >= 15 is 0 Å². The average Bonchev–Trinajstić information content (AvgIpc) is 3.43. The summed E-state index contributed by atoms with van der Waals surface area (Å²) in [4.78, 5) is 29.1. The zero-order valence-corrected chi connectivity index (χ0v) is 22.9. The third-order valence-electron chi connectivity index (χ3n) is 6.70. The summed E-state index contributed by atoms with van der Waals surface area (Å²) in [6.07, 6.45) is 4.46. The molecule has 6 nitrogen and oxygen atoms in total. The van der Waals surface area contributed by atoms with Crippen LogP contribution < -0.4 is 14.8 Å². The topological polar surface area (TPSA) is 67.9 Å². The van der Waals surface area contributed by atoms with Crippen LogP contribution in [0.1, 0.15) is 36.8 Å². The van der Waals surface area contributed by atoms with Crippen LogP contribution in [0.15, 0.2) is 72.8 Å². The highest BCUT2D eigenvalue weighted by atomic mass is 35.5. The first-order valence-corrected chi connectivity index (χ1v) is 13.5. The van der Waals surface area contributed by atoms with E-state index in [0.717, 1.165) is 36.8 Å². The van der Waals surface area contributed by atoms with Gasteiger partial charge in [0.15, 0.2) is 6.61 Å². The first kappa shape index (κ1) is 27.8. The highest BCUT2D eigenvalue weighted by Crippen LogP contribution is 2.28. The van der Waals surface area contributed by atoms with Crippen LogP contribution in [0.25, 0.3) is 0 Å². The molecule has 1 saturated carbocycles. The second kappa shape index (κ2) is 13.5. The number of carbonyl (C=O) groups is 2. The second-order valence-electron chi connectivity index (χ2n) is 9.43. The molecular formula is C30H32Cl2N2O4. The van der Waals surface area contributed by atoms with E-state index < -0.39 is 6.04 Å². The van der Waals surface area contributed by atoms with Crippen molar-refractivity contribution < 1.29 is 19.1 Å². The van der Waals surface area contributed by atoms with Gasteiger partial charge in [0.1, 0.15) is 17.5 Å². The van der Waals surface area contributed by atoms with Crippen molar-refractivity contribution >= 4 is 35.0 Å². The van der Waals surface area contributed by atoms with Crippen LogP contribution in [0.2, 0.25) is 10.0 Å². The lowest BCUT2D eigenvalue weighted by molar-refractivity contribution is -0.143. The molecule has 2 amide bonds. The predicted molar refractivity (Wildman–Crippen MR) is 150 cm³/mol. The Balaban J connectivity index is 1.63. The molecule has 1 atom stereocenters. The molecule has 1 aliphatic rings. The summed E-state index contributed by atoms with van der Waals surface area (Å²) in [6.45, 7) is -0.0728. The highest BCUT2D eigenvalue weighted by Gasteiger charge is 2.32. The number of rotatable bonds is 11. The lowest BCUT2D eigenvalue weighted by Gasteiger charge is -2.32. The van der Waals surface area contributed by atoms with Gasteiger partial charge in [-0.2, -0.15) is 0 Å². The van der Waals surface area contributed by atoms with E-state index in [4.69, 9.17) is 32.7 Å². The van der Waals surface area contributed by atoms with E-state index in [9.17, 15) is 9.59 Å². The van der Waals surface area contributed by atoms with Crippen molar-refractivity contribution in [2.24, 2.45) is 0 Å². The van der Waals surface area contributed by atoms with Crippen LogP contribution in [0.4, 0.5) is 0 Å². The van der Waals surface area contributed by atoms with Gasteiger partial charge >= 0.3 is 0 Å². The fraction of sp³-hybridized carbons (Fsp3) is 0.333. The molecule has 0 spiro atoms. The second-order valence-corrected chi connectivity index (χ2v) is 10.3. The quantitative estimate of drug-likeness (QED) is 0.312. The molecule has 0 heterocycles. The lowest BCUT2D eigenvalue weighted by atomic mass is 10.0. The number of methoxy groups -OCH3 is 1. The number of hydrogen-bond acceptors (Lipinski definition) is 4. The molecule has 4 rings (SSSR count). The van der Waals surface area contributed by atoms with Gasteiger partial charge in [0.2, 0.25) is 5.91 Å². The van der Waals surface area contributed by atoms with Gasteiger partial charge in [-0.1, -0.05) is 78.5 Å². The number of halogens is 2. The van der Waals surface area contributed by atoms with Gasteiger partial charge in [-0.25, -0.2) is 0 Å². The Hall–Kier alpha value is -3.22. The maximum Gasteiger partial charge on any atom is 0.261 e. The maximum atomic E-state index is 13.7. The molecule has 1 aliphatic carbocycles. The van der Waals surface area contributed by atoms with Gasteiger partial charge in [0.05, 0.1) is 12.1 Å². The molecule has 1 fully saturated rings. The number of carbonyl (C=O) groups excluding carboxylic acids is 2. The van der Waals surface area contributed by atoms with Crippen molar-refractivity contribution in [1.82, 2.24) is 10.2 Å². The predicted octanol–water partition coefficient (Wildman–Crippen LogP) is 6.08. The number of amides is 2. The van der Waals surface area contributed by atoms with Gasteiger partial charge in [-0.05, 0) is 54.3 Å². The molecule has 200 valence electrons. The van der Waals surface area contributed by atoms with Crippen LogP contribution in [0.3, 0.4) is 0 Å². The van der Waals surface area contributed by atoms with Crippen LogP contribution in [-0.4, -0.2) is 42.5 Å². The minimum Gasteiger partial charge on any atom is -0.497 e. The Morgan fingerprint density at radius 3 is 2.42 bits per heavy atom. The molecule has 0 aliphatic heterocycles.